The summed E-state index contributed by atoms with van der Waals surface area (Å²) in [5.41, 5.74) is 3.84. The van der Waals surface area contributed by atoms with Crippen LogP contribution in [0.2, 0.25) is 0 Å². The smallest absolute Gasteiger partial charge is 0.314 e. The van der Waals surface area contributed by atoms with Crippen LogP contribution in [0, 0.1) is 5.92 Å². The van der Waals surface area contributed by atoms with Gasteiger partial charge < -0.3 is 9.88 Å². The number of carbonyl (C=O) groups excluding carboxylic acids is 2. The first-order chi connectivity index (χ1) is 13.6. The minimum Gasteiger partial charge on any atom is -0.314 e. The lowest BCUT2D eigenvalue weighted by atomic mass is 9.91. The number of benzene rings is 1. The number of imide groups is 1. The number of aromatic nitrogens is 2. The van der Waals surface area contributed by atoms with Crippen LogP contribution < -0.4 is 15.5 Å². The van der Waals surface area contributed by atoms with Gasteiger partial charge in [0, 0.05) is 38.2 Å². The molecule has 1 unspecified atom stereocenters. The normalized spacial score (nSPS) is 22.6. The summed E-state index contributed by atoms with van der Waals surface area (Å²) >= 11 is 0. The molecular formula is C21H25N5O2. The maximum atomic E-state index is 12.2. The minimum absolute atomic E-state index is 0.229. The number of rotatable bonds is 3. The van der Waals surface area contributed by atoms with E-state index in [9.17, 15) is 9.59 Å². The van der Waals surface area contributed by atoms with Gasteiger partial charge in [-0.05, 0) is 36.0 Å². The standard InChI is InChI=1S/C21H25N5O2/c1-25-18(26-9-8-17(27)24-21(26)28)12-23-20(25)14-6-7-15-11-22-19(16(15)10-14)13-4-2-3-5-13/h6-7,10,12-13,19,22H,2-5,8-9,11H2,1H3,(H,24,27,28). The predicted molar refractivity (Wildman–Crippen MR) is 106 cm³/mol. The molecule has 1 aromatic heterocycles. The van der Waals surface area contributed by atoms with Gasteiger partial charge in [0.2, 0.25) is 5.91 Å². The quantitative estimate of drug-likeness (QED) is 0.859. The van der Waals surface area contributed by atoms with E-state index in [4.69, 9.17) is 0 Å². The molecule has 1 saturated heterocycles. The van der Waals surface area contributed by atoms with Crippen LogP contribution in [0.25, 0.3) is 11.4 Å². The third-order valence-electron chi connectivity index (χ3n) is 6.42. The van der Waals surface area contributed by atoms with Gasteiger partial charge in [-0.3, -0.25) is 15.0 Å². The fraction of sp³-hybridized carbons (Fsp3) is 0.476. The number of hydrogen-bond donors (Lipinski definition) is 2. The SMILES string of the molecule is Cn1c(N2CCC(=O)NC2=O)cnc1-c1ccc2c(c1)C(C1CCCC1)NC2. The largest absolute Gasteiger partial charge is 0.329 e. The molecular weight excluding hydrogens is 354 g/mol. The van der Waals surface area contributed by atoms with E-state index in [-0.39, 0.29) is 11.9 Å². The van der Waals surface area contributed by atoms with Crippen molar-refractivity contribution in [3.63, 3.8) is 0 Å². The van der Waals surface area contributed by atoms with Crippen LogP contribution >= 0.6 is 0 Å². The zero-order valence-corrected chi connectivity index (χ0v) is 16.1. The molecule has 1 aliphatic carbocycles. The van der Waals surface area contributed by atoms with Gasteiger partial charge in [-0.2, -0.15) is 0 Å². The molecule has 1 atom stereocenters. The fourth-order valence-corrected chi connectivity index (χ4v) is 4.93. The van der Waals surface area contributed by atoms with Gasteiger partial charge in [0.1, 0.15) is 11.6 Å². The van der Waals surface area contributed by atoms with Gasteiger partial charge in [0.15, 0.2) is 0 Å². The van der Waals surface area contributed by atoms with Crippen molar-refractivity contribution in [3.8, 4) is 11.4 Å². The van der Waals surface area contributed by atoms with Crippen LogP contribution in [0.3, 0.4) is 0 Å². The molecule has 1 saturated carbocycles. The van der Waals surface area contributed by atoms with E-state index in [2.05, 4.69) is 33.8 Å². The summed E-state index contributed by atoms with van der Waals surface area (Å²) in [5.74, 6) is 2.03. The van der Waals surface area contributed by atoms with E-state index in [1.54, 1.807) is 11.1 Å². The summed E-state index contributed by atoms with van der Waals surface area (Å²) in [6.45, 7) is 1.31. The number of nitrogens with zero attached hydrogens (tertiary/aromatic N) is 3. The molecule has 2 aliphatic heterocycles. The van der Waals surface area contributed by atoms with Gasteiger partial charge in [-0.25, -0.2) is 9.78 Å². The summed E-state index contributed by atoms with van der Waals surface area (Å²) < 4.78 is 1.93. The average Bonchev–Trinajstić information content (AvgIpc) is 3.41. The van der Waals surface area contributed by atoms with Crippen molar-refractivity contribution in [1.82, 2.24) is 20.2 Å². The van der Waals surface area contributed by atoms with Crippen molar-refractivity contribution in [2.75, 3.05) is 11.4 Å². The van der Waals surface area contributed by atoms with E-state index in [1.165, 1.54) is 36.8 Å². The highest BCUT2D eigenvalue weighted by atomic mass is 16.2. The topological polar surface area (TPSA) is 79.3 Å². The monoisotopic (exact) mass is 379 g/mol. The van der Waals surface area contributed by atoms with E-state index in [0.29, 0.717) is 24.8 Å². The molecule has 5 rings (SSSR count). The van der Waals surface area contributed by atoms with Crippen LogP contribution in [0.5, 0.6) is 0 Å². The Morgan fingerprint density at radius 1 is 1.18 bits per heavy atom. The highest BCUT2D eigenvalue weighted by Gasteiger charge is 2.32. The van der Waals surface area contributed by atoms with Gasteiger partial charge in [0.25, 0.3) is 0 Å². The van der Waals surface area contributed by atoms with Crippen molar-refractivity contribution >= 4 is 17.8 Å². The van der Waals surface area contributed by atoms with E-state index < -0.39 is 0 Å². The second kappa shape index (κ2) is 6.74. The second-order valence-electron chi connectivity index (χ2n) is 8.07. The number of anilines is 1. The van der Waals surface area contributed by atoms with Crippen LogP contribution in [0.1, 0.15) is 49.3 Å². The molecule has 0 bridgehead atoms. The number of imidazole rings is 1. The number of fused-ring (bicyclic) bond motifs is 1. The van der Waals surface area contributed by atoms with Crippen molar-refractivity contribution in [1.29, 1.82) is 0 Å². The van der Waals surface area contributed by atoms with Crippen LogP contribution in [0.4, 0.5) is 10.6 Å². The lowest BCUT2D eigenvalue weighted by molar-refractivity contribution is -0.120. The molecule has 3 aliphatic rings. The highest BCUT2D eigenvalue weighted by Crippen LogP contribution is 2.41. The van der Waals surface area contributed by atoms with Crippen LogP contribution in [-0.2, 0) is 18.4 Å². The molecule has 2 N–H and O–H groups in total. The number of urea groups is 1. The summed E-state index contributed by atoms with van der Waals surface area (Å²) in [7, 11) is 1.92. The number of nitrogens with one attached hydrogen (secondary N) is 2. The Kier molecular flexibility index (Phi) is 4.19. The Balaban J connectivity index is 1.46. The third kappa shape index (κ3) is 2.81. The number of hydrogen-bond acceptors (Lipinski definition) is 4. The zero-order valence-electron chi connectivity index (χ0n) is 16.1. The summed E-state index contributed by atoms with van der Waals surface area (Å²) in [6, 6.07) is 6.64. The Labute approximate surface area is 164 Å². The Hall–Kier alpha value is -2.67. The fourth-order valence-electron chi connectivity index (χ4n) is 4.93. The second-order valence-corrected chi connectivity index (χ2v) is 8.07. The zero-order chi connectivity index (χ0) is 19.3. The highest BCUT2D eigenvalue weighted by molar-refractivity contribution is 6.05. The molecule has 7 nitrogen and oxygen atoms in total. The Morgan fingerprint density at radius 2 is 2.00 bits per heavy atom. The lowest BCUT2D eigenvalue weighted by Crippen LogP contribution is -2.50. The molecule has 2 fully saturated rings. The molecule has 3 amide bonds. The molecule has 1 aromatic carbocycles. The number of carbonyl (C=O) groups is 2. The minimum atomic E-state index is -0.384. The molecule has 2 aromatic rings. The van der Waals surface area contributed by atoms with Crippen molar-refractivity contribution in [2.24, 2.45) is 13.0 Å². The first-order valence-corrected chi connectivity index (χ1v) is 10.1. The molecule has 0 radical (unpaired) electrons. The van der Waals surface area contributed by atoms with Gasteiger partial charge >= 0.3 is 6.03 Å². The first-order valence-electron chi connectivity index (χ1n) is 10.1. The van der Waals surface area contributed by atoms with E-state index in [0.717, 1.165) is 23.9 Å². The van der Waals surface area contributed by atoms with Crippen LogP contribution in [0.15, 0.2) is 24.4 Å². The van der Waals surface area contributed by atoms with Crippen molar-refractivity contribution in [3.05, 3.63) is 35.5 Å². The third-order valence-corrected chi connectivity index (χ3v) is 6.42. The van der Waals surface area contributed by atoms with E-state index >= 15 is 0 Å². The Morgan fingerprint density at radius 3 is 2.79 bits per heavy atom. The van der Waals surface area contributed by atoms with Gasteiger partial charge in [-0.1, -0.05) is 25.0 Å². The van der Waals surface area contributed by atoms with Crippen molar-refractivity contribution in [2.45, 2.75) is 44.7 Å². The average molecular weight is 379 g/mol. The van der Waals surface area contributed by atoms with Gasteiger partial charge in [-0.15, -0.1) is 0 Å². The molecule has 28 heavy (non-hydrogen) atoms. The summed E-state index contributed by atoms with van der Waals surface area (Å²) in [4.78, 5) is 29.8. The van der Waals surface area contributed by atoms with Crippen LogP contribution in [-0.4, -0.2) is 28.0 Å². The van der Waals surface area contributed by atoms with Gasteiger partial charge in [0.05, 0.1) is 6.20 Å². The summed E-state index contributed by atoms with van der Waals surface area (Å²) in [5, 5.41) is 6.08. The van der Waals surface area contributed by atoms with E-state index in [1.807, 2.05) is 11.6 Å². The van der Waals surface area contributed by atoms with Crippen molar-refractivity contribution < 1.29 is 9.59 Å². The summed E-state index contributed by atoms with van der Waals surface area (Å²) in [6.07, 6.45) is 7.29. The lowest BCUT2D eigenvalue weighted by Gasteiger charge is -2.26. The maximum Gasteiger partial charge on any atom is 0.329 e. The predicted octanol–water partition coefficient (Wildman–Crippen LogP) is 2.87. The molecule has 7 heteroatoms. The Bertz CT molecular complexity index is 944. The molecule has 0 spiro atoms. The molecule has 146 valence electrons. The number of amides is 3. The first kappa shape index (κ1) is 17.4. The maximum absolute atomic E-state index is 12.2. The molecule has 3 heterocycles.